The van der Waals surface area contributed by atoms with Crippen LogP contribution in [0, 0.1) is 5.92 Å². The Balaban J connectivity index is 2.09. The summed E-state index contributed by atoms with van der Waals surface area (Å²) in [5, 5.41) is 0. The Morgan fingerprint density at radius 2 is 2.24 bits per heavy atom. The Labute approximate surface area is 105 Å². The van der Waals surface area contributed by atoms with E-state index in [2.05, 4.69) is 9.88 Å². The molecule has 0 aromatic carbocycles. The normalized spacial score (nSPS) is 19.3. The summed E-state index contributed by atoms with van der Waals surface area (Å²) in [5.74, 6) is -0.300. The smallest absolute Gasteiger partial charge is 0.222 e. The molecule has 0 aliphatic carbocycles. The van der Waals surface area contributed by atoms with Crippen molar-refractivity contribution in [3.05, 3.63) is 24.0 Å². The third-order valence-corrected chi connectivity index (χ3v) is 3.17. The van der Waals surface area contributed by atoms with Crippen molar-refractivity contribution in [3.8, 4) is 0 Å². The summed E-state index contributed by atoms with van der Waals surface area (Å²) in [5.41, 5.74) is 12.3. The molecule has 4 N–H and O–H groups in total. The highest BCUT2D eigenvalue weighted by Crippen LogP contribution is 2.22. The predicted molar refractivity (Wildman–Crippen MR) is 69.6 cm³/mol. The SMILES string of the molecule is NC(=O)C1CCN(c2ccc(C(N)=S)nc2)C1. The highest BCUT2D eigenvalue weighted by Gasteiger charge is 2.26. The largest absolute Gasteiger partial charge is 0.388 e. The van der Waals surface area contributed by atoms with Gasteiger partial charge in [0.25, 0.3) is 0 Å². The molecule has 90 valence electrons. The maximum Gasteiger partial charge on any atom is 0.222 e. The molecule has 1 saturated heterocycles. The van der Waals surface area contributed by atoms with Crippen molar-refractivity contribution in [2.45, 2.75) is 6.42 Å². The first-order valence-corrected chi connectivity index (χ1v) is 5.79. The van der Waals surface area contributed by atoms with Gasteiger partial charge in [-0.25, -0.2) is 0 Å². The fourth-order valence-electron chi connectivity index (χ4n) is 1.95. The second-order valence-corrected chi connectivity index (χ2v) is 4.54. The molecule has 1 unspecified atom stereocenters. The van der Waals surface area contributed by atoms with Crippen LogP contribution in [0.4, 0.5) is 5.69 Å². The van der Waals surface area contributed by atoms with Gasteiger partial charge in [0.1, 0.15) is 4.99 Å². The molecule has 1 fully saturated rings. The Morgan fingerprint density at radius 3 is 2.71 bits per heavy atom. The van der Waals surface area contributed by atoms with Crippen molar-refractivity contribution < 1.29 is 4.79 Å². The number of aromatic nitrogens is 1. The summed E-state index contributed by atoms with van der Waals surface area (Å²) in [6, 6.07) is 3.69. The zero-order valence-corrected chi connectivity index (χ0v) is 10.1. The lowest BCUT2D eigenvalue weighted by atomic mass is 10.1. The van der Waals surface area contributed by atoms with Crippen LogP contribution in [-0.2, 0) is 4.79 Å². The van der Waals surface area contributed by atoms with E-state index in [9.17, 15) is 4.79 Å². The van der Waals surface area contributed by atoms with Crippen LogP contribution in [0.2, 0.25) is 0 Å². The number of amides is 1. The third kappa shape index (κ3) is 2.52. The molecule has 5 nitrogen and oxygen atoms in total. The highest BCUT2D eigenvalue weighted by atomic mass is 32.1. The molecular weight excluding hydrogens is 236 g/mol. The van der Waals surface area contributed by atoms with Gasteiger partial charge in [-0.15, -0.1) is 0 Å². The van der Waals surface area contributed by atoms with Crippen molar-refractivity contribution in [2.24, 2.45) is 17.4 Å². The van der Waals surface area contributed by atoms with E-state index in [0.717, 1.165) is 18.7 Å². The van der Waals surface area contributed by atoms with E-state index in [0.29, 0.717) is 12.2 Å². The molecule has 0 saturated carbocycles. The average Bonchev–Trinajstić information content (AvgIpc) is 2.78. The van der Waals surface area contributed by atoms with Gasteiger partial charge < -0.3 is 16.4 Å². The molecule has 2 heterocycles. The van der Waals surface area contributed by atoms with Crippen molar-refractivity contribution in [1.82, 2.24) is 4.98 Å². The zero-order valence-electron chi connectivity index (χ0n) is 9.30. The maximum absolute atomic E-state index is 11.1. The van der Waals surface area contributed by atoms with E-state index >= 15 is 0 Å². The maximum atomic E-state index is 11.1. The van der Waals surface area contributed by atoms with Gasteiger partial charge >= 0.3 is 0 Å². The predicted octanol–water partition coefficient (Wildman–Crippen LogP) is 0.0274. The van der Waals surface area contributed by atoms with Gasteiger partial charge in [0.2, 0.25) is 5.91 Å². The fraction of sp³-hybridized carbons (Fsp3) is 0.364. The van der Waals surface area contributed by atoms with Gasteiger partial charge in [-0.2, -0.15) is 0 Å². The van der Waals surface area contributed by atoms with Gasteiger partial charge in [-0.3, -0.25) is 9.78 Å². The average molecular weight is 250 g/mol. The molecule has 1 amide bonds. The van der Waals surface area contributed by atoms with E-state index in [1.807, 2.05) is 6.07 Å². The molecule has 1 aromatic heterocycles. The molecule has 2 rings (SSSR count). The van der Waals surface area contributed by atoms with Gasteiger partial charge in [0, 0.05) is 13.1 Å². The first-order chi connectivity index (χ1) is 8.08. The Hall–Kier alpha value is -1.69. The minimum Gasteiger partial charge on any atom is -0.388 e. The van der Waals surface area contributed by atoms with Gasteiger partial charge in [-0.1, -0.05) is 12.2 Å². The van der Waals surface area contributed by atoms with Crippen LogP contribution < -0.4 is 16.4 Å². The number of nitrogens with zero attached hydrogens (tertiary/aromatic N) is 2. The van der Waals surface area contributed by atoms with E-state index < -0.39 is 0 Å². The summed E-state index contributed by atoms with van der Waals surface area (Å²) < 4.78 is 0. The van der Waals surface area contributed by atoms with Gasteiger partial charge in [0.15, 0.2) is 0 Å². The quantitative estimate of drug-likeness (QED) is 0.739. The van der Waals surface area contributed by atoms with Gasteiger partial charge in [-0.05, 0) is 18.6 Å². The zero-order chi connectivity index (χ0) is 12.4. The van der Waals surface area contributed by atoms with Crippen LogP contribution in [0.25, 0.3) is 0 Å². The van der Waals surface area contributed by atoms with E-state index in [4.69, 9.17) is 23.7 Å². The molecular formula is C11H14N4OS. The third-order valence-electron chi connectivity index (χ3n) is 2.96. The second kappa shape index (κ2) is 4.67. The molecule has 1 aliphatic heterocycles. The van der Waals surface area contributed by atoms with Crippen LogP contribution in [0.1, 0.15) is 12.1 Å². The number of nitrogens with two attached hydrogens (primary N) is 2. The summed E-state index contributed by atoms with van der Waals surface area (Å²) in [7, 11) is 0. The molecule has 0 radical (unpaired) electrons. The Kier molecular flexibility index (Phi) is 3.23. The first-order valence-electron chi connectivity index (χ1n) is 5.38. The lowest BCUT2D eigenvalue weighted by Crippen LogP contribution is -2.27. The van der Waals surface area contributed by atoms with E-state index in [-0.39, 0.29) is 16.8 Å². The number of hydrogen-bond acceptors (Lipinski definition) is 4. The summed E-state index contributed by atoms with van der Waals surface area (Å²) in [4.78, 5) is 17.6. The van der Waals surface area contributed by atoms with Crippen LogP contribution in [0.5, 0.6) is 0 Å². The topological polar surface area (TPSA) is 85.2 Å². The standard InChI is InChI=1S/C11H14N4OS/c12-10(16)7-3-4-15(6-7)8-1-2-9(11(13)17)14-5-8/h1-2,5,7H,3-4,6H2,(H2,12,16)(H2,13,17). The number of pyridine rings is 1. The summed E-state index contributed by atoms with van der Waals surface area (Å²) in [6.07, 6.45) is 2.52. The molecule has 0 spiro atoms. The number of hydrogen-bond donors (Lipinski definition) is 2. The molecule has 1 aliphatic rings. The molecule has 17 heavy (non-hydrogen) atoms. The highest BCUT2D eigenvalue weighted by molar-refractivity contribution is 7.80. The number of anilines is 1. The van der Waals surface area contributed by atoms with Crippen LogP contribution in [-0.4, -0.2) is 29.0 Å². The van der Waals surface area contributed by atoms with Crippen LogP contribution in [0.15, 0.2) is 18.3 Å². The first kappa shape index (κ1) is 11.8. The van der Waals surface area contributed by atoms with Crippen molar-refractivity contribution >= 4 is 28.8 Å². The molecule has 1 atom stereocenters. The lowest BCUT2D eigenvalue weighted by Gasteiger charge is -2.17. The number of thiocarbonyl (C=S) groups is 1. The van der Waals surface area contributed by atoms with Crippen molar-refractivity contribution in [3.63, 3.8) is 0 Å². The van der Waals surface area contributed by atoms with Crippen molar-refractivity contribution in [2.75, 3.05) is 18.0 Å². The van der Waals surface area contributed by atoms with Gasteiger partial charge in [0.05, 0.1) is 23.5 Å². The monoisotopic (exact) mass is 250 g/mol. The van der Waals surface area contributed by atoms with E-state index in [1.165, 1.54) is 0 Å². The number of carbonyl (C=O) groups is 1. The molecule has 6 heteroatoms. The molecule has 1 aromatic rings. The Morgan fingerprint density at radius 1 is 1.47 bits per heavy atom. The Bertz CT molecular complexity index is 445. The second-order valence-electron chi connectivity index (χ2n) is 4.10. The summed E-state index contributed by atoms with van der Waals surface area (Å²) >= 11 is 4.83. The fourth-order valence-corrected chi connectivity index (χ4v) is 2.07. The van der Waals surface area contributed by atoms with Crippen molar-refractivity contribution in [1.29, 1.82) is 0 Å². The molecule has 0 bridgehead atoms. The minimum atomic E-state index is -0.236. The number of carbonyl (C=O) groups excluding carboxylic acids is 1. The van der Waals surface area contributed by atoms with E-state index in [1.54, 1.807) is 12.3 Å². The number of primary amides is 1. The number of rotatable bonds is 3. The summed E-state index contributed by atoms with van der Waals surface area (Å²) in [6.45, 7) is 1.48. The minimum absolute atomic E-state index is 0.0646. The van der Waals surface area contributed by atoms with Crippen LogP contribution >= 0.6 is 12.2 Å². The lowest BCUT2D eigenvalue weighted by molar-refractivity contribution is -0.121. The van der Waals surface area contributed by atoms with Crippen LogP contribution in [0.3, 0.4) is 0 Å².